The number of piperazine rings is 1. The molecule has 2 N–H and O–H groups in total. The van der Waals surface area contributed by atoms with Crippen LogP contribution in [0, 0.1) is 5.41 Å². The number of hydrogen-bond acceptors (Lipinski definition) is 6. The van der Waals surface area contributed by atoms with Gasteiger partial charge >= 0.3 is 0 Å². The van der Waals surface area contributed by atoms with Crippen LogP contribution < -0.4 is 5.73 Å². The molecule has 1 aliphatic heterocycles. The summed E-state index contributed by atoms with van der Waals surface area (Å²) in [4.78, 5) is 20.8. The summed E-state index contributed by atoms with van der Waals surface area (Å²) in [5, 5.41) is 3.97. The molecule has 7 nitrogen and oxygen atoms in total. The zero-order chi connectivity index (χ0) is 16.3. The highest BCUT2D eigenvalue weighted by molar-refractivity contribution is 5.82. The van der Waals surface area contributed by atoms with Crippen molar-refractivity contribution in [2.45, 2.75) is 46.7 Å². The van der Waals surface area contributed by atoms with E-state index in [2.05, 4.69) is 15.0 Å². The van der Waals surface area contributed by atoms with Gasteiger partial charge in [0.1, 0.15) is 0 Å². The summed E-state index contributed by atoms with van der Waals surface area (Å²) in [5.41, 5.74) is 5.85. The van der Waals surface area contributed by atoms with Crippen molar-refractivity contribution in [2.75, 3.05) is 26.2 Å². The molecule has 1 fully saturated rings. The fourth-order valence-corrected chi connectivity index (χ4v) is 2.39. The number of carbonyl (C=O) groups excluding carboxylic acids is 1. The Kier molecular flexibility index (Phi) is 5.18. The summed E-state index contributed by atoms with van der Waals surface area (Å²) >= 11 is 0. The third-order valence-electron chi connectivity index (χ3n) is 4.06. The highest BCUT2D eigenvalue weighted by Crippen LogP contribution is 2.20. The van der Waals surface area contributed by atoms with Gasteiger partial charge in [-0.15, -0.1) is 0 Å². The minimum absolute atomic E-state index is 0.0416. The number of amides is 1. The van der Waals surface area contributed by atoms with Gasteiger partial charge in [0, 0.05) is 32.6 Å². The highest BCUT2D eigenvalue weighted by atomic mass is 16.5. The van der Waals surface area contributed by atoms with Gasteiger partial charge in [-0.3, -0.25) is 9.69 Å². The lowest BCUT2D eigenvalue weighted by molar-refractivity contribution is -0.136. The van der Waals surface area contributed by atoms with Gasteiger partial charge in [-0.25, -0.2) is 0 Å². The van der Waals surface area contributed by atoms with E-state index in [1.807, 2.05) is 32.6 Å². The van der Waals surface area contributed by atoms with E-state index >= 15 is 0 Å². The van der Waals surface area contributed by atoms with Crippen LogP contribution in [0.1, 0.15) is 39.4 Å². The predicted octanol–water partition coefficient (Wildman–Crippen LogP) is 0.650. The Morgan fingerprint density at radius 1 is 1.32 bits per heavy atom. The molecule has 0 unspecified atom stereocenters. The molecule has 0 aliphatic carbocycles. The van der Waals surface area contributed by atoms with E-state index in [9.17, 15) is 4.79 Å². The van der Waals surface area contributed by atoms with Crippen LogP contribution in [0.25, 0.3) is 0 Å². The van der Waals surface area contributed by atoms with E-state index in [0.29, 0.717) is 31.3 Å². The second-order valence-corrected chi connectivity index (χ2v) is 6.90. The summed E-state index contributed by atoms with van der Waals surface area (Å²) in [7, 11) is 0. The van der Waals surface area contributed by atoms with Crippen LogP contribution >= 0.6 is 0 Å². The van der Waals surface area contributed by atoms with Crippen LogP contribution in [0.4, 0.5) is 0 Å². The number of aryl methyl sites for hydroxylation is 1. The Morgan fingerprint density at radius 2 is 1.95 bits per heavy atom. The predicted molar refractivity (Wildman–Crippen MR) is 83.0 cm³/mol. The first-order valence-electron chi connectivity index (χ1n) is 7.89. The number of hydrogen-bond donors (Lipinski definition) is 1. The number of carbonyl (C=O) groups is 1. The lowest BCUT2D eigenvalue weighted by Crippen LogP contribution is -2.56. The number of rotatable bonds is 4. The topological polar surface area (TPSA) is 88.5 Å². The van der Waals surface area contributed by atoms with Crippen LogP contribution in [0.5, 0.6) is 0 Å². The van der Waals surface area contributed by atoms with Crippen molar-refractivity contribution in [2.24, 2.45) is 11.1 Å². The highest BCUT2D eigenvalue weighted by Gasteiger charge is 2.32. The van der Waals surface area contributed by atoms with Gasteiger partial charge in [0.15, 0.2) is 5.82 Å². The molecular weight excluding hydrogens is 282 g/mol. The largest absolute Gasteiger partial charge is 0.339 e. The molecule has 1 aliphatic rings. The molecule has 1 saturated heterocycles. The lowest BCUT2D eigenvalue weighted by atomic mass is 9.86. The first kappa shape index (κ1) is 16.9. The Morgan fingerprint density at radius 3 is 2.45 bits per heavy atom. The van der Waals surface area contributed by atoms with Crippen molar-refractivity contribution in [1.82, 2.24) is 19.9 Å². The molecule has 124 valence electrons. The van der Waals surface area contributed by atoms with Gasteiger partial charge in [-0.2, -0.15) is 4.98 Å². The molecular formula is C15H27N5O2. The molecule has 1 aromatic rings. The summed E-state index contributed by atoms with van der Waals surface area (Å²) in [6, 6.07) is -0.455. The maximum absolute atomic E-state index is 12.4. The zero-order valence-corrected chi connectivity index (χ0v) is 14.0. The smallest absolute Gasteiger partial charge is 0.240 e. The van der Waals surface area contributed by atoms with Crippen molar-refractivity contribution < 1.29 is 9.32 Å². The summed E-state index contributed by atoms with van der Waals surface area (Å²) in [6.07, 6.45) is 0.750. The van der Waals surface area contributed by atoms with Gasteiger partial charge in [-0.05, 0) is 5.41 Å². The first-order valence-corrected chi connectivity index (χ1v) is 7.89. The monoisotopic (exact) mass is 309 g/mol. The van der Waals surface area contributed by atoms with Crippen molar-refractivity contribution >= 4 is 5.91 Å². The number of nitrogens with two attached hydrogens (primary N) is 1. The fraction of sp³-hybridized carbons (Fsp3) is 0.800. The van der Waals surface area contributed by atoms with E-state index in [1.165, 1.54) is 0 Å². The number of aromatic nitrogens is 2. The summed E-state index contributed by atoms with van der Waals surface area (Å²) in [5.74, 6) is 1.42. The Bertz CT molecular complexity index is 500. The number of nitrogens with zero attached hydrogens (tertiary/aromatic N) is 4. The molecule has 1 aromatic heterocycles. The van der Waals surface area contributed by atoms with E-state index in [-0.39, 0.29) is 11.3 Å². The molecule has 0 radical (unpaired) electrons. The van der Waals surface area contributed by atoms with E-state index in [1.54, 1.807) is 0 Å². The van der Waals surface area contributed by atoms with Gasteiger partial charge in [0.05, 0.1) is 12.6 Å². The average molecular weight is 309 g/mol. The fourth-order valence-electron chi connectivity index (χ4n) is 2.39. The molecule has 1 amide bonds. The Hall–Kier alpha value is -1.47. The maximum atomic E-state index is 12.4. The normalized spacial score (nSPS) is 18.5. The van der Waals surface area contributed by atoms with Gasteiger partial charge < -0.3 is 15.2 Å². The molecule has 0 aromatic carbocycles. The molecule has 0 bridgehead atoms. The van der Waals surface area contributed by atoms with Crippen LogP contribution in [-0.2, 0) is 17.8 Å². The van der Waals surface area contributed by atoms with Crippen LogP contribution in [0.2, 0.25) is 0 Å². The van der Waals surface area contributed by atoms with Crippen LogP contribution in [0.3, 0.4) is 0 Å². The summed E-state index contributed by atoms with van der Waals surface area (Å²) < 4.78 is 5.11. The molecule has 2 rings (SSSR count). The van der Waals surface area contributed by atoms with Crippen molar-refractivity contribution in [3.63, 3.8) is 0 Å². The third-order valence-corrected chi connectivity index (χ3v) is 4.06. The first-order chi connectivity index (χ1) is 10.3. The van der Waals surface area contributed by atoms with Crippen molar-refractivity contribution in [3.05, 3.63) is 11.7 Å². The molecule has 2 heterocycles. The van der Waals surface area contributed by atoms with Crippen LogP contribution in [0.15, 0.2) is 4.52 Å². The second-order valence-electron chi connectivity index (χ2n) is 6.90. The minimum Gasteiger partial charge on any atom is -0.339 e. The minimum atomic E-state index is -0.455. The third kappa shape index (κ3) is 4.04. The SMILES string of the molecule is CCc1nc(CN2CCN(C(=O)[C@@H](N)C(C)(C)C)CC2)no1. The standard InChI is InChI=1S/C15H27N5O2/c1-5-12-17-11(18-22-12)10-19-6-8-20(9-7-19)14(21)13(16)15(2,3)4/h13H,5-10,16H2,1-4H3/t13-/m1/s1. The van der Waals surface area contributed by atoms with E-state index in [0.717, 1.165) is 19.5 Å². The van der Waals surface area contributed by atoms with Crippen molar-refractivity contribution in [1.29, 1.82) is 0 Å². The maximum Gasteiger partial charge on any atom is 0.240 e. The molecule has 0 saturated carbocycles. The average Bonchev–Trinajstić information content (AvgIpc) is 2.93. The molecule has 0 spiro atoms. The lowest BCUT2D eigenvalue weighted by Gasteiger charge is -2.37. The molecule has 1 atom stereocenters. The Labute approximate surface area is 131 Å². The van der Waals surface area contributed by atoms with Crippen LogP contribution in [-0.4, -0.2) is 58.1 Å². The zero-order valence-electron chi connectivity index (χ0n) is 14.0. The van der Waals surface area contributed by atoms with Crippen molar-refractivity contribution in [3.8, 4) is 0 Å². The quantitative estimate of drug-likeness (QED) is 0.878. The molecule has 22 heavy (non-hydrogen) atoms. The summed E-state index contributed by atoms with van der Waals surface area (Å²) in [6.45, 7) is 11.6. The van der Waals surface area contributed by atoms with E-state index in [4.69, 9.17) is 10.3 Å². The van der Waals surface area contributed by atoms with Gasteiger partial charge in [-0.1, -0.05) is 32.9 Å². The van der Waals surface area contributed by atoms with Gasteiger partial charge in [0.25, 0.3) is 0 Å². The van der Waals surface area contributed by atoms with Gasteiger partial charge in [0.2, 0.25) is 11.8 Å². The van der Waals surface area contributed by atoms with E-state index < -0.39 is 6.04 Å². The second kappa shape index (κ2) is 6.75. The molecule has 7 heteroatoms. The Balaban J connectivity index is 1.84.